The molecule has 0 aromatic carbocycles. The number of piperidine rings is 1. The highest BCUT2D eigenvalue weighted by Gasteiger charge is 2.24. The first kappa shape index (κ1) is 19.2. The lowest BCUT2D eigenvalue weighted by molar-refractivity contribution is 0.0916. The molecule has 0 spiro atoms. The van der Waals surface area contributed by atoms with Gasteiger partial charge in [-0.3, -0.25) is 4.79 Å². The van der Waals surface area contributed by atoms with Crippen LogP contribution in [0.15, 0.2) is 6.20 Å². The van der Waals surface area contributed by atoms with E-state index in [1.54, 1.807) is 0 Å². The van der Waals surface area contributed by atoms with Gasteiger partial charge in [0.1, 0.15) is 0 Å². The summed E-state index contributed by atoms with van der Waals surface area (Å²) in [6.45, 7) is 4.26. The maximum absolute atomic E-state index is 12.4. The van der Waals surface area contributed by atoms with Gasteiger partial charge < -0.3 is 10.6 Å². The molecule has 2 heterocycles. The molecule has 1 aliphatic carbocycles. The number of carbonyl (C=O) groups is 1. The minimum absolute atomic E-state index is 0. The maximum Gasteiger partial charge on any atom is 0.273 e. The molecule has 0 unspecified atom stereocenters. The Morgan fingerprint density at radius 2 is 1.96 bits per heavy atom. The van der Waals surface area contributed by atoms with Gasteiger partial charge in [0.2, 0.25) is 0 Å². The molecule has 1 saturated heterocycles. The zero-order valence-corrected chi connectivity index (χ0v) is 15.4. The number of rotatable bonds is 5. The van der Waals surface area contributed by atoms with Crippen LogP contribution in [-0.2, 0) is 0 Å². The van der Waals surface area contributed by atoms with E-state index >= 15 is 0 Å². The van der Waals surface area contributed by atoms with Gasteiger partial charge in [0.25, 0.3) is 5.91 Å². The molecule has 24 heavy (non-hydrogen) atoms. The lowest BCUT2D eigenvalue weighted by Gasteiger charge is -2.28. The van der Waals surface area contributed by atoms with Crippen molar-refractivity contribution in [1.29, 1.82) is 0 Å². The zero-order chi connectivity index (χ0) is 16.1. The molecule has 0 radical (unpaired) electrons. The second-order valence-corrected chi connectivity index (χ2v) is 7.04. The highest BCUT2D eigenvalue weighted by molar-refractivity contribution is 5.92. The van der Waals surface area contributed by atoms with Gasteiger partial charge in [0.15, 0.2) is 5.69 Å². The monoisotopic (exact) mass is 355 g/mol. The second-order valence-electron chi connectivity index (χ2n) is 7.04. The SMILES string of the molecule is CCCC1CCC(NC(=O)c2cn(C3CCNCC3)nn2)CC1.Cl. The summed E-state index contributed by atoms with van der Waals surface area (Å²) in [6, 6.07) is 0.675. The predicted molar refractivity (Wildman–Crippen MR) is 96.5 cm³/mol. The third-order valence-corrected chi connectivity index (χ3v) is 5.30. The molecule has 1 saturated carbocycles. The third kappa shape index (κ3) is 4.93. The summed E-state index contributed by atoms with van der Waals surface area (Å²) in [5, 5.41) is 14.7. The van der Waals surface area contributed by atoms with E-state index in [0.717, 1.165) is 44.7 Å². The van der Waals surface area contributed by atoms with Crippen LogP contribution < -0.4 is 10.6 Å². The summed E-state index contributed by atoms with van der Waals surface area (Å²) in [4.78, 5) is 12.4. The van der Waals surface area contributed by atoms with Crippen LogP contribution in [0.2, 0.25) is 0 Å². The largest absolute Gasteiger partial charge is 0.348 e. The van der Waals surface area contributed by atoms with Gasteiger partial charge in [-0.05, 0) is 57.5 Å². The van der Waals surface area contributed by atoms with Crippen molar-refractivity contribution in [2.24, 2.45) is 5.92 Å². The molecular weight excluding hydrogens is 326 g/mol. The minimum atomic E-state index is -0.0656. The van der Waals surface area contributed by atoms with Crippen molar-refractivity contribution in [1.82, 2.24) is 25.6 Å². The Morgan fingerprint density at radius 3 is 2.62 bits per heavy atom. The molecule has 136 valence electrons. The van der Waals surface area contributed by atoms with E-state index in [0.29, 0.717) is 17.8 Å². The Labute approximate surface area is 150 Å². The first-order chi connectivity index (χ1) is 11.3. The summed E-state index contributed by atoms with van der Waals surface area (Å²) in [5.74, 6) is 0.790. The molecule has 1 aromatic rings. The fourth-order valence-electron chi connectivity index (χ4n) is 3.89. The van der Waals surface area contributed by atoms with Crippen molar-refractivity contribution < 1.29 is 4.79 Å². The smallest absolute Gasteiger partial charge is 0.273 e. The quantitative estimate of drug-likeness (QED) is 0.851. The number of carbonyl (C=O) groups excluding carboxylic acids is 1. The summed E-state index contributed by atoms with van der Waals surface area (Å²) in [7, 11) is 0. The molecule has 2 aliphatic rings. The lowest BCUT2D eigenvalue weighted by atomic mass is 9.83. The van der Waals surface area contributed by atoms with Gasteiger partial charge >= 0.3 is 0 Å². The van der Waals surface area contributed by atoms with E-state index in [1.165, 1.54) is 25.7 Å². The Morgan fingerprint density at radius 1 is 1.25 bits per heavy atom. The van der Waals surface area contributed by atoms with Crippen molar-refractivity contribution in [3.63, 3.8) is 0 Å². The van der Waals surface area contributed by atoms with E-state index in [9.17, 15) is 4.79 Å². The number of amides is 1. The Balaban J connectivity index is 0.00000208. The Hall–Kier alpha value is -1.14. The van der Waals surface area contributed by atoms with E-state index in [2.05, 4.69) is 27.9 Å². The normalized spacial score (nSPS) is 25.0. The molecule has 0 atom stereocenters. The number of nitrogens with one attached hydrogen (secondary N) is 2. The summed E-state index contributed by atoms with van der Waals surface area (Å²) >= 11 is 0. The fraction of sp³-hybridized carbons (Fsp3) is 0.824. The van der Waals surface area contributed by atoms with Gasteiger partial charge in [0.05, 0.1) is 12.2 Å². The first-order valence-electron chi connectivity index (χ1n) is 9.19. The minimum Gasteiger partial charge on any atom is -0.348 e. The lowest BCUT2D eigenvalue weighted by Crippen LogP contribution is -2.37. The number of hydrogen-bond donors (Lipinski definition) is 2. The number of hydrogen-bond acceptors (Lipinski definition) is 4. The zero-order valence-electron chi connectivity index (χ0n) is 14.5. The predicted octanol–water partition coefficient (Wildman–Crippen LogP) is 2.71. The van der Waals surface area contributed by atoms with Gasteiger partial charge in [-0.1, -0.05) is 25.0 Å². The van der Waals surface area contributed by atoms with E-state index in [-0.39, 0.29) is 18.3 Å². The highest BCUT2D eigenvalue weighted by Crippen LogP contribution is 2.27. The van der Waals surface area contributed by atoms with Crippen LogP contribution in [0.4, 0.5) is 0 Å². The molecule has 7 heteroatoms. The Kier molecular flexibility index (Phi) is 7.49. The molecule has 1 aliphatic heterocycles. The summed E-state index contributed by atoms with van der Waals surface area (Å²) in [6.07, 6.45) is 11.2. The third-order valence-electron chi connectivity index (χ3n) is 5.30. The highest BCUT2D eigenvalue weighted by atomic mass is 35.5. The molecule has 0 bridgehead atoms. The average molecular weight is 356 g/mol. The topological polar surface area (TPSA) is 71.8 Å². The number of halogens is 1. The van der Waals surface area contributed by atoms with Crippen LogP contribution in [0.25, 0.3) is 0 Å². The van der Waals surface area contributed by atoms with Crippen LogP contribution in [-0.4, -0.2) is 40.0 Å². The van der Waals surface area contributed by atoms with Crippen LogP contribution >= 0.6 is 12.4 Å². The molecule has 1 amide bonds. The first-order valence-corrected chi connectivity index (χ1v) is 9.19. The van der Waals surface area contributed by atoms with E-state index in [4.69, 9.17) is 0 Å². The second kappa shape index (κ2) is 9.37. The molecule has 6 nitrogen and oxygen atoms in total. The summed E-state index contributed by atoms with van der Waals surface area (Å²) < 4.78 is 1.87. The molecule has 1 aromatic heterocycles. The number of nitrogens with zero attached hydrogens (tertiary/aromatic N) is 3. The number of aromatic nitrogens is 3. The van der Waals surface area contributed by atoms with Crippen LogP contribution in [0.5, 0.6) is 0 Å². The molecular formula is C17H30ClN5O. The van der Waals surface area contributed by atoms with Crippen LogP contribution in [0, 0.1) is 5.92 Å². The van der Waals surface area contributed by atoms with Crippen LogP contribution in [0.1, 0.15) is 74.8 Å². The van der Waals surface area contributed by atoms with Gasteiger partial charge in [-0.15, -0.1) is 17.5 Å². The summed E-state index contributed by atoms with van der Waals surface area (Å²) in [5.41, 5.74) is 0.458. The van der Waals surface area contributed by atoms with Crippen molar-refractivity contribution in [3.05, 3.63) is 11.9 Å². The van der Waals surface area contributed by atoms with Crippen molar-refractivity contribution in [3.8, 4) is 0 Å². The van der Waals surface area contributed by atoms with E-state index in [1.807, 2.05) is 10.9 Å². The Bertz CT molecular complexity index is 507. The van der Waals surface area contributed by atoms with Gasteiger partial charge in [-0.25, -0.2) is 4.68 Å². The maximum atomic E-state index is 12.4. The average Bonchev–Trinajstić information content (AvgIpc) is 3.08. The van der Waals surface area contributed by atoms with Crippen LogP contribution in [0.3, 0.4) is 0 Å². The molecule has 2 N–H and O–H groups in total. The van der Waals surface area contributed by atoms with Crippen molar-refractivity contribution >= 4 is 18.3 Å². The van der Waals surface area contributed by atoms with E-state index < -0.39 is 0 Å². The fourth-order valence-corrected chi connectivity index (χ4v) is 3.89. The molecule has 3 rings (SSSR count). The van der Waals surface area contributed by atoms with Crippen molar-refractivity contribution in [2.75, 3.05) is 13.1 Å². The standard InChI is InChI=1S/C17H29N5O.ClH/c1-2-3-13-4-6-14(7-5-13)19-17(23)16-12-22(21-20-16)15-8-10-18-11-9-15;/h12-15,18H,2-11H2,1H3,(H,19,23);1H. The van der Waals surface area contributed by atoms with Gasteiger partial charge in [-0.2, -0.15) is 0 Å². The van der Waals surface area contributed by atoms with Gasteiger partial charge in [0, 0.05) is 6.04 Å². The molecule has 2 fully saturated rings. The van der Waals surface area contributed by atoms with Crippen molar-refractivity contribution in [2.45, 2.75) is 70.4 Å².